The summed E-state index contributed by atoms with van der Waals surface area (Å²) < 4.78 is 37.8. The third-order valence-electron chi connectivity index (χ3n) is 2.73. The number of aromatic nitrogens is 2. The first-order chi connectivity index (χ1) is 9.79. The van der Waals surface area contributed by atoms with E-state index in [9.17, 15) is 18.0 Å². The number of halogens is 3. The van der Waals surface area contributed by atoms with Crippen LogP contribution in [0.4, 0.5) is 24.8 Å². The first-order valence-electron chi connectivity index (χ1n) is 5.76. The lowest BCUT2D eigenvalue weighted by molar-refractivity contribution is -0.141. The van der Waals surface area contributed by atoms with Gasteiger partial charge in [-0.15, -0.1) is 0 Å². The van der Waals surface area contributed by atoms with E-state index in [-0.39, 0.29) is 11.5 Å². The molecule has 2 aromatic rings. The summed E-state index contributed by atoms with van der Waals surface area (Å²) in [4.78, 5) is 19.3. The number of nitrogens with zero attached hydrogens (tertiary/aromatic N) is 3. The molecular formula is C13H10F3N3O2. The topological polar surface area (TPSA) is 66.3 Å². The van der Waals surface area contributed by atoms with Gasteiger partial charge in [0.15, 0.2) is 0 Å². The van der Waals surface area contributed by atoms with Gasteiger partial charge < -0.3 is 10.0 Å². The Balaban J connectivity index is 2.31. The van der Waals surface area contributed by atoms with Crippen LogP contribution in [0.15, 0.2) is 36.5 Å². The van der Waals surface area contributed by atoms with Gasteiger partial charge in [0.2, 0.25) is 5.95 Å². The van der Waals surface area contributed by atoms with Crippen LogP contribution >= 0.6 is 0 Å². The summed E-state index contributed by atoms with van der Waals surface area (Å²) in [5.74, 6) is -1.22. The lowest BCUT2D eigenvalue weighted by Gasteiger charge is -2.18. The van der Waals surface area contributed by atoms with E-state index < -0.39 is 17.8 Å². The van der Waals surface area contributed by atoms with Crippen LogP contribution in [0.25, 0.3) is 0 Å². The van der Waals surface area contributed by atoms with Crippen molar-refractivity contribution in [2.75, 3.05) is 11.9 Å². The Labute approximate surface area is 117 Å². The second-order valence-electron chi connectivity index (χ2n) is 4.15. The van der Waals surface area contributed by atoms with E-state index in [0.717, 1.165) is 12.3 Å². The zero-order chi connectivity index (χ0) is 15.6. The Morgan fingerprint density at radius 1 is 1.19 bits per heavy atom. The molecule has 0 radical (unpaired) electrons. The molecule has 1 aromatic carbocycles. The van der Waals surface area contributed by atoms with Crippen LogP contribution < -0.4 is 4.90 Å². The van der Waals surface area contributed by atoms with Gasteiger partial charge in [0.25, 0.3) is 0 Å². The molecule has 0 aliphatic heterocycles. The molecule has 0 saturated carbocycles. The fourth-order valence-corrected chi connectivity index (χ4v) is 1.61. The highest BCUT2D eigenvalue weighted by Gasteiger charge is 2.33. The molecule has 0 unspecified atom stereocenters. The minimum Gasteiger partial charge on any atom is -0.478 e. The standard InChI is InChI=1S/C13H10F3N3O2/c1-19(9-4-2-8(3-5-9)11(20)21)12-17-7-6-10(18-12)13(14,15)16/h2-7H,1H3,(H,20,21). The van der Waals surface area contributed by atoms with E-state index in [2.05, 4.69) is 9.97 Å². The van der Waals surface area contributed by atoms with E-state index in [1.807, 2.05) is 0 Å². The molecule has 21 heavy (non-hydrogen) atoms. The first kappa shape index (κ1) is 14.8. The van der Waals surface area contributed by atoms with Crippen molar-refractivity contribution < 1.29 is 23.1 Å². The Morgan fingerprint density at radius 2 is 1.81 bits per heavy atom. The highest BCUT2D eigenvalue weighted by Crippen LogP contribution is 2.29. The number of aromatic carboxylic acids is 1. The van der Waals surface area contributed by atoms with Crippen molar-refractivity contribution in [2.24, 2.45) is 0 Å². The molecule has 0 amide bonds. The molecule has 0 bridgehead atoms. The van der Waals surface area contributed by atoms with Crippen LogP contribution in [-0.2, 0) is 6.18 Å². The van der Waals surface area contributed by atoms with Gasteiger partial charge in [-0.2, -0.15) is 13.2 Å². The molecule has 0 aliphatic rings. The molecule has 0 aliphatic carbocycles. The predicted octanol–water partition coefficient (Wildman–Crippen LogP) is 2.96. The number of rotatable bonds is 3. The number of carbonyl (C=O) groups is 1. The van der Waals surface area contributed by atoms with Gasteiger partial charge in [-0.3, -0.25) is 0 Å². The van der Waals surface area contributed by atoms with Crippen molar-refractivity contribution in [1.29, 1.82) is 0 Å². The molecule has 0 spiro atoms. The van der Waals surface area contributed by atoms with Crippen molar-refractivity contribution >= 4 is 17.6 Å². The molecule has 1 heterocycles. The number of hydrogen-bond donors (Lipinski definition) is 1. The summed E-state index contributed by atoms with van der Waals surface area (Å²) in [7, 11) is 1.49. The Kier molecular flexibility index (Phi) is 3.79. The van der Waals surface area contributed by atoms with Gasteiger partial charge in [0.1, 0.15) is 5.69 Å². The maximum Gasteiger partial charge on any atom is 0.433 e. The molecular weight excluding hydrogens is 287 g/mol. The predicted molar refractivity (Wildman–Crippen MR) is 68.5 cm³/mol. The van der Waals surface area contributed by atoms with E-state index in [4.69, 9.17) is 5.11 Å². The van der Waals surface area contributed by atoms with Gasteiger partial charge in [-0.1, -0.05) is 0 Å². The molecule has 1 aromatic heterocycles. The summed E-state index contributed by atoms with van der Waals surface area (Å²) in [5, 5.41) is 8.79. The molecule has 0 saturated heterocycles. The SMILES string of the molecule is CN(c1ccc(C(=O)O)cc1)c1nccc(C(F)(F)F)n1. The van der Waals surface area contributed by atoms with Crippen molar-refractivity contribution in [1.82, 2.24) is 9.97 Å². The molecule has 0 atom stereocenters. The fourth-order valence-electron chi connectivity index (χ4n) is 1.61. The van der Waals surface area contributed by atoms with Crippen LogP contribution in [0.5, 0.6) is 0 Å². The first-order valence-corrected chi connectivity index (χ1v) is 5.76. The van der Waals surface area contributed by atoms with Crippen molar-refractivity contribution in [3.05, 3.63) is 47.8 Å². The molecule has 2 rings (SSSR count). The van der Waals surface area contributed by atoms with Gasteiger partial charge >= 0.3 is 12.1 Å². The smallest absolute Gasteiger partial charge is 0.433 e. The minimum absolute atomic E-state index is 0.0807. The highest BCUT2D eigenvalue weighted by atomic mass is 19.4. The van der Waals surface area contributed by atoms with Crippen LogP contribution in [0.1, 0.15) is 16.1 Å². The summed E-state index contributed by atoms with van der Waals surface area (Å²) >= 11 is 0. The summed E-state index contributed by atoms with van der Waals surface area (Å²) in [6.45, 7) is 0. The average Bonchev–Trinajstić information content (AvgIpc) is 2.46. The van der Waals surface area contributed by atoms with Crippen LogP contribution in [0, 0.1) is 0 Å². The quantitative estimate of drug-likeness (QED) is 0.943. The highest BCUT2D eigenvalue weighted by molar-refractivity contribution is 5.88. The number of benzene rings is 1. The second kappa shape index (κ2) is 5.39. The van der Waals surface area contributed by atoms with Crippen molar-refractivity contribution in [2.45, 2.75) is 6.18 Å². The van der Waals surface area contributed by atoms with Crippen molar-refractivity contribution in [3.8, 4) is 0 Å². The largest absolute Gasteiger partial charge is 0.478 e. The van der Waals surface area contributed by atoms with E-state index in [0.29, 0.717) is 5.69 Å². The third-order valence-corrected chi connectivity index (χ3v) is 2.73. The maximum absolute atomic E-state index is 12.6. The van der Waals surface area contributed by atoms with Gasteiger partial charge in [-0.05, 0) is 30.3 Å². The number of anilines is 2. The van der Waals surface area contributed by atoms with Crippen LogP contribution in [-0.4, -0.2) is 28.1 Å². The summed E-state index contributed by atoms with van der Waals surface area (Å²) in [5.41, 5.74) is -0.488. The molecule has 110 valence electrons. The van der Waals surface area contributed by atoms with Gasteiger partial charge in [-0.25, -0.2) is 14.8 Å². The molecule has 0 fully saturated rings. The lowest BCUT2D eigenvalue weighted by Crippen LogP contribution is -2.16. The Bertz CT molecular complexity index is 656. The maximum atomic E-state index is 12.6. The monoisotopic (exact) mass is 297 g/mol. The van der Waals surface area contributed by atoms with E-state index in [1.54, 1.807) is 0 Å². The lowest BCUT2D eigenvalue weighted by atomic mass is 10.2. The van der Waals surface area contributed by atoms with Gasteiger partial charge in [0, 0.05) is 18.9 Å². The Hall–Kier alpha value is -2.64. The van der Waals surface area contributed by atoms with Crippen molar-refractivity contribution in [3.63, 3.8) is 0 Å². The molecule has 1 N–H and O–H groups in total. The van der Waals surface area contributed by atoms with Crippen LogP contribution in [0.3, 0.4) is 0 Å². The van der Waals surface area contributed by atoms with E-state index in [1.165, 1.54) is 36.2 Å². The number of alkyl halides is 3. The number of hydrogen-bond acceptors (Lipinski definition) is 4. The summed E-state index contributed by atoms with van der Waals surface area (Å²) in [6, 6.07) is 6.41. The number of carboxylic acids is 1. The zero-order valence-electron chi connectivity index (χ0n) is 10.8. The Morgan fingerprint density at radius 3 is 2.33 bits per heavy atom. The number of carboxylic acid groups (broad SMARTS) is 1. The second-order valence-corrected chi connectivity index (χ2v) is 4.15. The van der Waals surface area contributed by atoms with Crippen LogP contribution in [0.2, 0.25) is 0 Å². The zero-order valence-corrected chi connectivity index (χ0v) is 10.8. The normalized spacial score (nSPS) is 11.2. The average molecular weight is 297 g/mol. The fraction of sp³-hybridized carbons (Fsp3) is 0.154. The third kappa shape index (κ3) is 3.28. The minimum atomic E-state index is -4.55. The summed E-state index contributed by atoms with van der Waals surface area (Å²) in [6.07, 6.45) is -3.53. The van der Waals surface area contributed by atoms with E-state index >= 15 is 0 Å². The van der Waals surface area contributed by atoms with Gasteiger partial charge in [0.05, 0.1) is 5.56 Å². The molecule has 5 nitrogen and oxygen atoms in total. The molecule has 8 heteroatoms.